The van der Waals surface area contributed by atoms with Crippen LogP contribution in [0.3, 0.4) is 0 Å². The van der Waals surface area contributed by atoms with Gasteiger partial charge in [0.25, 0.3) is 0 Å². The number of hydroxylamine groups is 1. The summed E-state index contributed by atoms with van der Waals surface area (Å²) < 4.78 is 10.4. The molecule has 6 heteroatoms. The number of oxime groups is 1. The van der Waals surface area contributed by atoms with Crippen molar-refractivity contribution >= 4 is 11.8 Å². The van der Waals surface area contributed by atoms with E-state index in [0.29, 0.717) is 5.71 Å². The van der Waals surface area contributed by atoms with E-state index in [1.165, 1.54) is 0 Å². The SMILES string of the molecule is COc1ccc(/C=C2/CCC[C@H]([C@H](NO)c3ccc(OC)cc3)/C2=N\O)cc1. The molecule has 0 heterocycles. The molecule has 1 aliphatic carbocycles. The predicted molar refractivity (Wildman–Crippen MR) is 108 cm³/mol. The molecule has 148 valence electrons. The molecule has 0 amide bonds. The molecule has 0 unspecified atom stereocenters. The number of allylic oxidation sites excluding steroid dienone is 1. The number of nitrogens with one attached hydrogen (secondary N) is 1. The van der Waals surface area contributed by atoms with Gasteiger partial charge in [-0.15, -0.1) is 0 Å². The second kappa shape index (κ2) is 9.39. The van der Waals surface area contributed by atoms with Crippen molar-refractivity contribution < 1.29 is 19.9 Å². The topological polar surface area (TPSA) is 83.3 Å². The highest BCUT2D eigenvalue weighted by Crippen LogP contribution is 2.36. The largest absolute Gasteiger partial charge is 0.497 e. The number of nitrogens with zero attached hydrogens (tertiary/aromatic N) is 1. The average molecular weight is 382 g/mol. The van der Waals surface area contributed by atoms with Gasteiger partial charge in [-0.25, -0.2) is 0 Å². The van der Waals surface area contributed by atoms with Crippen LogP contribution in [0.15, 0.2) is 59.3 Å². The first-order chi connectivity index (χ1) is 13.7. The summed E-state index contributed by atoms with van der Waals surface area (Å²) in [4.78, 5) is 0. The first-order valence-corrected chi connectivity index (χ1v) is 9.30. The molecule has 0 aromatic heterocycles. The average Bonchev–Trinajstić information content (AvgIpc) is 2.75. The Hall–Kier alpha value is -2.83. The van der Waals surface area contributed by atoms with Crippen molar-refractivity contribution in [1.29, 1.82) is 0 Å². The van der Waals surface area contributed by atoms with Gasteiger partial charge in [-0.05, 0) is 66.3 Å². The van der Waals surface area contributed by atoms with Crippen molar-refractivity contribution in [1.82, 2.24) is 5.48 Å². The molecular formula is C22H26N2O4. The number of hydrogen-bond acceptors (Lipinski definition) is 6. The van der Waals surface area contributed by atoms with E-state index in [1.807, 2.05) is 54.6 Å². The van der Waals surface area contributed by atoms with Crippen LogP contribution in [0.5, 0.6) is 11.5 Å². The second-order valence-corrected chi connectivity index (χ2v) is 6.81. The Morgan fingerprint density at radius 1 is 1.04 bits per heavy atom. The van der Waals surface area contributed by atoms with E-state index in [4.69, 9.17) is 9.47 Å². The molecule has 1 saturated carbocycles. The summed E-state index contributed by atoms with van der Waals surface area (Å²) in [6, 6.07) is 14.9. The first-order valence-electron chi connectivity index (χ1n) is 9.30. The first kappa shape index (κ1) is 19.9. The third kappa shape index (κ3) is 4.35. The van der Waals surface area contributed by atoms with Gasteiger partial charge < -0.3 is 19.9 Å². The summed E-state index contributed by atoms with van der Waals surface area (Å²) in [5.41, 5.74) is 5.90. The van der Waals surface area contributed by atoms with E-state index in [1.54, 1.807) is 14.2 Å². The van der Waals surface area contributed by atoms with Gasteiger partial charge in [-0.1, -0.05) is 29.4 Å². The zero-order valence-electron chi connectivity index (χ0n) is 16.1. The van der Waals surface area contributed by atoms with Crippen LogP contribution in [0, 0.1) is 5.92 Å². The Morgan fingerprint density at radius 2 is 1.64 bits per heavy atom. The third-order valence-electron chi connectivity index (χ3n) is 5.22. The van der Waals surface area contributed by atoms with E-state index in [9.17, 15) is 10.4 Å². The van der Waals surface area contributed by atoms with Crippen LogP contribution < -0.4 is 15.0 Å². The molecule has 2 atom stereocenters. The highest BCUT2D eigenvalue weighted by Gasteiger charge is 2.33. The fourth-order valence-corrected chi connectivity index (χ4v) is 3.73. The maximum Gasteiger partial charge on any atom is 0.118 e. The van der Waals surface area contributed by atoms with E-state index in [2.05, 4.69) is 10.6 Å². The van der Waals surface area contributed by atoms with Crippen molar-refractivity contribution in [3.05, 3.63) is 65.2 Å². The summed E-state index contributed by atoms with van der Waals surface area (Å²) in [6.45, 7) is 0. The number of benzene rings is 2. The summed E-state index contributed by atoms with van der Waals surface area (Å²) in [5, 5.41) is 23.2. The Labute approximate surface area is 165 Å². The lowest BCUT2D eigenvalue weighted by Gasteiger charge is -2.31. The van der Waals surface area contributed by atoms with Gasteiger partial charge in [-0.3, -0.25) is 0 Å². The van der Waals surface area contributed by atoms with Crippen molar-refractivity contribution in [2.45, 2.75) is 25.3 Å². The van der Waals surface area contributed by atoms with Crippen molar-refractivity contribution in [3.8, 4) is 11.5 Å². The number of hydrogen-bond donors (Lipinski definition) is 3. The van der Waals surface area contributed by atoms with Crippen LogP contribution in [0.4, 0.5) is 0 Å². The zero-order valence-corrected chi connectivity index (χ0v) is 16.1. The Kier molecular flexibility index (Phi) is 6.68. The van der Waals surface area contributed by atoms with Gasteiger partial charge in [0.05, 0.1) is 26.0 Å². The number of rotatable bonds is 6. The predicted octanol–water partition coefficient (Wildman–Crippen LogP) is 4.44. The van der Waals surface area contributed by atoms with Crippen LogP contribution in [0.2, 0.25) is 0 Å². The Morgan fingerprint density at radius 3 is 2.18 bits per heavy atom. The van der Waals surface area contributed by atoms with Gasteiger partial charge >= 0.3 is 0 Å². The minimum Gasteiger partial charge on any atom is -0.497 e. The van der Waals surface area contributed by atoms with Crippen molar-refractivity contribution in [2.75, 3.05) is 14.2 Å². The smallest absolute Gasteiger partial charge is 0.118 e. The highest BCUT2D eigenvalue weighted by atomic mass is 16.5. The van der Waals surface area contributed by atoms with Gasteiger partial charge in [0.1, 0.15) is 11.5 Å². The normalized spacial score (nSPS) is 20.9. The van der Waals surface area contributed by atoms with Crippen LogP contribution in [0.1, 0.15) is 36.4 Å². The van der Waals surface area contributed by atoms with Crippen LogP contribution in [-0.2, 0) is 0 Å². The molecule has 1 aliphatic rings. The molecule has 6 nitrogen and oxygen atoms in total. The molecule has 0 radical (unpaired) electrons. The molecule has 2 aromatic rings. The van der Waals surface area contributed by atoms with Gasteiger partial charge in [0, 0.05) is 5.92 Å². The van der Waals surface area contributed by atoms with Crippen molar-refractivity contribution in [2.24, 2.45) is 11.1 Å². The lowest BCUT2D eigenvalue weighted by atomic mass is 9.77. The van der Waals surface area contributed by atoms with Gasteiger partial charge in [-0.2, -0.15) is 5.48 Å². The molecule has 3 rings (SSSR count). The van der Waals surface area contributed by atoms with Crippen LogP contribution in [-0.4, -0.2) is 30.3 Å². The summed E-state index contributed by atoms with van der Waals surface area (Å²) in [7, 11) is 3.25. The molecule has 1 fully saturated rings. The summed E-state index contributed by atoms with van der Waals surface area (Å²) in [5.74, 6) is 1.39. The molecular weight excluding hydrogens is 356 g/mol. The van der Waals surface area contributed by atoms with Gasteiger partial charge in [0.15, 0.2) is 0 Å². The maximum absolute atomic E-state index is 9.85. The van der Waals surface area contributed by atoms with Crippen LogP contribution in [0.25, 0.3) is 6.08 Å². The number of methoxy groups -OCH3 is 2. The lowest BCUT2D eigenvalue weighted by Crippen LogP contribution is -2.34. The minimum atomic E-state index is -0.378. The third-order valence-corrected chi connectivity index (χ3v) is 5.22. The molecule has 3 N–H and O–H groups in total. The zero-order chi connectivity index (χ0) is 19.9. The molecule has 28 heavy (non-hydrogen) atoms. The van der Waals surface area contributed by atoms with E-state index in [-0.39, 0.29) is 12.0 Å². The second-order valence-electron chi connectivity index (χ2n) is 6.81. The quantitative estimate of drug-likeness (QED) is 0.508. The molecule has 0 saturated heterocycles. The summed E-state index contributed by atoms with van der Waals surface area (Å²) in [6.07, 6.45) is 4.61. The number of ether oxygens (including phenoxy) is 2. The Balaban J connectivity index is 1.88. The lowest BCUT2D eigenvalue weighted by molar-refractivity contribution is 0.106. The minimum absolute atomic E-state index is 0.151. The van der Waals surface area contributed by atoms with Crippen LogP contribution >= 0.6 is 0 Å². The van der Waals surface area contributed by atoms with Crippen molar-refractivity contribution in [3.63, 3.8) is 0 Å². The molecule has 0 spiro atoms. The van der Waals surface area contributed by atoms with Gasteiger partial charge in [0.2, 0.25) is 0 Å². The Bertz CT molecular complexity index is 829. The summed E-state index contributed by atoms with van der Waals surface area (Å²) >= 11 is 0. The van der Waals surface area contributed by atoms with E-state index < -0.39 is 0 Å². The van der Waals surface area contributed by atoms with E-state index in [0.717, 1.165) is 47.5 Å². The fraction of sp³-hybridized carbons (Fsp3) is 0.318. The maximum atomic E-state index is 9.85. The molecule has 0 aliphatic heterocycles. The fourth-order valence-electron chi connectivity index (χ4n) is 3.73. The molecule has 2 aromatic carbocycles. The molecule has 0 bridgehead atoms. The monoisotopic (exact) mass is 382 g/mol. The van der Waals surface area contributed by atoms with E-state index >= 15 is 0 Å². The standard InChI is InChI=1S/C22H26N2O4/c1-27-18-10-6-15(7-11-18)14-17-4-3-5-20(22(17)24-26)21(23-25)16-8-12-19(28-2)13-9-16/h6-14,20-21,23,25-26H,3-5H2,1-2H3/b17-14-,24-22-/t20-,21-/m1/s1. The highest BCUT2D eigenvalue weighted by molar-refractivity contribution is 6.06.